The molecule has 4 nitrogen and oxygen atoms in total. The number of H-pyrrole nitrogens is 1. The summed E-state index contributed by atoms with van der Waals surface area (Å²) in [6.45, 7) is 0. The molecule has 0 fully saturated rings. The summed E-state index contributed by atoms with van der Waals surface area (Å²) in [6, 6.07) is 9.84. The molecule has 8 heteroatoms. The van der Waals surface area contributed by atoms with Crippen LogP contribution >= 0.6 is 35.0 Å². The summed E-state index contributed by atoms with van der Waals surface area (Å²) >= 11 is 13.5. The lowest BCUT2D eigenvalue weighted by atomic mass is 10.2. The lowest BCUT2D eigenvalue weighted by molar-refractivity contribution is 0.630. The predicted octanol–water partition coefficient (Wildman–Crippen LogP) is 5.24. The predicted molar refractivity (Wildman–Crippen MR) is 95.2 cm³/mol. The summed E-state index contributed by atoms with van der Waals surface area (Å²) in [5, 5.41) is 10.7. The number of hydrogen-bond donors (Lipinski definition) is 1. The minimum absolute atomic E-state index is 0.318. The normalized spacial score (nSPS) is 11.5. The summed E-state index contributed by atoms with van der Waals surface area (Å²) in [6.07, 6.45) is 0. The molecule has 1 N–H and O–H groups in total. The molecule has 0 atom stereocenters. The van der Waals surface area contributed by atoms with Gasteiger partial charge in [0.15, 0.2) is 5.65 Å². The Hall–Kier alpha value is -1.89. The van der Waals surface area contributed by atoms with Crippen LogP contribution in [0.4, 0.5) is 4.39 Å². The van der Waals surface area contributed by atoms with Gasteiger partial charge in [-0.3, -0.25) is 0 Å². The number of hydrogen-bond acceptors (Lipinski definition) is 4. The summed E-state index contributed by atoms with van der Waals surface area (Å²) in [5.74, 6) is 0.277. The lowest BCUT2D eigenvalue weighted by Gasteiger charge is -2.03. The molecule has 0 saturated carbocycles. The fraction of sp³-hybridized carbons (Fsp3) is 0.0625. The Morgan fingerprint density at radius 2 is 1.96 bits per heavy atom. The Bertz CT molecular complexity index is 1070. The molecule has 0 aliphatic carbocycles. The number of nitrogens with zero attached hydrogens (tertiary/aromatic N) is 3. The SMILES string of the molecule is Fc1ccc2[nH]c3nc(SCc4ccc(Cl)cc4Cl)nnc3c2c1. The van der Waals surface area contributed by atoms with Crippen LogP contribution in [0.5, 0.6) is 0 Å². The number of fused-ring (bicyclic) bond motifs is 3. The van der Waals surface area contributed by atoms with Crippen LogP contribution in [0.25, 0.3) is 22.1 Å². The number of thioether (sulfide) groups is 1. The highest BCUT2D eigenvalue weighted by Crippen LogP contribution is 2.28. The number of aromatic amines is 1. The van der Waals surface area contributed by atoms with Gasteiger partial charge >= 0.3 is 0 Å². The average Bonchev–Trinajstić information content (AvgIpc) is 2.91. The van der Waals surface area contributed by atoms with Crippen molar-refractivity contribution in [3.05, 3.63) is 57.8 Å². The van der Waals surface area contributed by atoms with E-state index >= 15 is 0 Å². The zero-order valence-corrected chi connectivity index (χ0v) is 14.4. The first-order valence-electron chi connectivity index (χ1n) is 6.98. The van der Waals surface area contributed by atoms with Crippen LogP contribution in [0, 0.1) is 5.82 Å². The summed E-state index contributed by atoms with van der Waals surface area (Å²) < 4.78 is 13.4. The Labute approximate surface area is 150 Å². The molecule has 2 aromatic heterocycles. The third-order valence-corrected chi connectivity index (χ3v) is 5.00. The quantitative estimate of drug-likeness (QED) is 0.495. The van der Waals surface area contributed by atoms with Crippen molar-refractivity contribution < 1.29 is 4.39 Å². The first-order chi connectivity index (χ1) is 11.6. The molecular weight excluding hydrogens is 370 g/mol. The molecule has 2 heterocycles. The smallest absolute Gasteiger partial charge is 0.211 e. The monoisotopic (exact) mass is 378 g/mol. The van der Waals surface area contributed by atoms with E-state index in [9.17, 15) is 4.39 Å². The molecule has 0 amide bonds. The summed E-state index contributed by atoms with van der Waals surface area (Å²) in [4.78, 5) is 7.57. The number of benzene rings is 2. The maximum Gasteiger partial charge on any atom is 0.211 e. The highest BCUT2D eigenvalue weighted by atomic mass is 35.5. The van der Waals surface area contributed by atoms with E-state index in [1.807, 2.05) is 6.07 Å². The van der Waals surface area contributed by atoms with Crippen molar-refractivity contribution in [1.29, 1.82) is 0 Å². The Balaban J connectivity index is 1.64. The molecule has 4 rings (SSSR count). The maximum atomic E-state index is 13.4. The van der Waals surface area contributed by atoms with Gasteiger partial charge in [0, 0.05) is 26.7 Å². The van der Waals surface area contributed by atoms with Gasteiger partial charge in [-0.1, -0.05) is 41.0 Å². The van der Waals surface area contributed by atoms with E-state index in [0.717, 1.165) is 11.1 Å². The largest absolute Gasteiger partial charge is 0.338 e. The van der Waals surface area contributed by atoms with Crippen molar-refractivity contribution in [2.24, 2.45) is 0 Å². The van der Waals surface area contributed by atoms with Crippen LogP contribution in [-0.4, -0.2) is 20.2 Å². The van der Waals surface area contributed by atoms with E-state index in [4.69, 9.17) is 23.2 Å². The fourth-order valence-electron chi connectivity index (χ4n) is 2.37. The number of nitrogens with one attached hydrogen (secondary N) is 1. The van der Waals surface area contributed by atoms with Gasteiger partial charge in [0.05, 0.1) is 0 Å². The molecule has 0 radical (unpaired) electrons. The maximum absolute atomic E-state index is 13.4. The van der Waals surface area contributed by atoms with Crippen molar-refractivity contribution in [3.8, 4) is 0 Å². The molecule has 2 aromatic carbocycles. The van der Waals surface area contributed by atoms with Crippen LogP contribution < -0.4 is 0 Å². The Morgan fingerprint density at radius 1 is 1.08 bits per heavy atom. The minimum Gasteiger partial charge on any atom is -0.338 e. The van der Waals surface area contributed by atoms with E-state index in [1.165, 1.54) is 23.9 Å². The van der Waals surface area contributed by atoms with Gasteiger partial charge in [0.25, 0.3) is 0 Å². The molecule has 120 valence electrons. The van der Waals surface area contributed by atoms with Gasteiger partial charge in [-0.15, -0.1) is 10.2 Å². The van der Waals surface area contributed by atoms with Crippen molar-refractivity contribution in [1.82, 2.24) is 20.2 Å². The van der Waals surface area contributed by atoms with Gasteiger partial charge in [-0.2, -0.15) is 0 Å². The third kappa shape index (κ3) is 2.92. The van der Waals surface area contributed by atoms with Crippen LogP contribution in [0.15, 0.2) is 41.6 Å². The third-order valence-electron chi connectivity index (χ3n) is 3.53. The molecule has 0 spiro atoms. The van der Waals surface area contributed by atoms with Gasteiger partial charge in [0.2, 0.25) is 5.16 Å². The van der Waals surface area contributed by atoms with Gasteiger partial charge in [-0.25, -0.2) is 9.37 Å². The van der Waals surface area contributed by atoms with Crippen LogP contribution in [0.3, 0.4) is 0 Å². The average molecular weight is 379 g/mol. The van der Waals surface area contributed by atoms with Crippen LogP contribution in [0.1, 0.15) is 5.56 Å². The molecule has 0 aliphatic rings. The van der Waals surface area contributed by atoms with Gasteiger partial charge < -0.3 is 4.98 Å². The molecular formula is C16H9Cl2FN4S. The second-order valence-corrected chi connectivity index (χ2v) is 6.92. The highest BCUT2D eigenvalue weighted by molar-refractivity contribution is 7.98. The molecule has 4 aromatic rings. The topological polar surface area (TPSA) is 54.5 Å². The zero-order valence-electron chi connectivity index (χ0n) is 12.1. The van der Waals surface area contributed by atoms with Crippen molar-refractivity contribution in [2.75, 3.05) is 0 Å². The fourth-order valence-corrected chi connectivity index (χ4v) is 3.72. The highest BCUT2D eigenvalue weighted by Gasteiger charge is 2.11. The first kappa shape index (κ1) is 15.6. The zero-order chi connectivity index (χ0) is 16.7. The van der Waals surface area contributed by atoms with Crippen LogP contribution in [0.2, 0.25) is 10.0 Å². The standard InChI is InChI=1S/C16H9Cl2FN4S/c17-9-2-1-8(12(18)5-9)7-24-16-21-15-14(22-23-16)11-6-10(19)3-4-13(11)20-15/h1-6H,7H2,(H,20,21,23). The van der Waals surface area contributed by atoms with Gasteiger partial charge in [0.1, 0.15) is 11.3 Å². The molecule has 0 bridgehead atoms. The van der Waals surface area contributed by atoms with E-state index in [-0.39, 0.29) is 5.82 Å². The minimum atomic E-state index is -0.318. The van der Waals surface area contributed by atoms with Crippen molar-refractivity contribution in [3.63, 3.8) is 0 Å². The van der Waals surface area contributed by atoms with E-state index < -0.39 is 0 Å². The molecule has 0 unspecified atom stereocenters. The van der Waals surface area contributed by atoms with Gasteiger partial charge in [-0.05, 0) is 35.9 Å². The number of halogens is 3. The lowest BCUT2D eigenvalue weighted by Crippen LogP contribution is -1.92. The number of rotatable bonds is 3. The summed E-state index contributed by atoms with van der Waals surface area (Å²) in [5.41, 5.74) is 2.85. The second kappa shape index (κ2) is 6.20. The second-order valence-electron chi connectivity index (χ2n) is 5.13. The van der Waals surface area contributed by atoms with Crippen LogP contribution in [-0.2, 0) is 5.75 Å². The molecule has 24 heavy (non-hydrogen) atoms. The Kier molecular flexibility index (Phi) is 4.04. The molecule has 0 aliphatic heterocycles. The van der Waals surface area contributed by atoms with E-state index in [1.54, 1.807) is 18.2 Å². The first-order valence-corrected chi connectivity index (χ1v) is 8.73. The van der Waals surface area contributed by atoms with Crippen molar-refractivity contribution >= 4 is 57.0 Å². The van der Waals surface area contributed by atoms with E-state index in [2.05, 4.69) is 20.2 Å². The van der Waals surface area contributed by atoms with Crippen molar-refractivity contribution in [2.45, 2.75) is 10.9 Å². The molecule has 0 saturated heterocycles. The Morgan fingerprint density at radius 3 is 2.79 bits per heavy atom. The number of aromatic nitrogens is 4. The van der Waals surface area contributed by atoms with E-state index in [0.29, 0.717) is 37.5 Å². The summed E-state index contributed by atoms with van der Waals surface area (Å²) in [7, 11) is 0.